The van der Waals surface area contributed by atoms with Crippen molar-refractivity contribution < 1.29 is 49.1 Å². The average molecular weight is 565 g/mol. The summed E-state index contributed by atoms with van der Waals surface area (Å²) in [6, 6.07) is 3.04. The first-order chi connectivity index (χ1) is 17.6. The average Bonchev–Trinajstić information content (AvgIpc) is 3.21. The molecular formula is C24H22F6N2O5S. The molecule has 2 aromatic rings. The summed E-state index contributed by atoms with van der Waals surface area (Å²) in [5.74, 6) is -3.35. The molecule has 0 unspecified atom stereocenters. The third-order valence-electron chi connectivity index (χ3n) is 6.45. The normalized spacial score (nSPS) is 22.0. The molecule has 7 nitrogen and oxygen atoms in total. The van der Waals surface area contributed by atoms with Gasteiger partial charge in [-0.05, 0) is 30.3 Å². The van der Waals surface area contributed by atoms with Gasteiger partial charge in [-0.15, -0.1) is 0 Å². The summed E-state index contributed by atoms with van der Waals surface area (Å²) in [7, 11) is -3.68. The number of alkyl halides is 5. The number of rotatable bonds is 6. The minimum atomic E-state index is -4.86. The number of amides is 2. The number of nitrogens with one attached hydrogen (secondary N) is 1. The van der Waals surface area contributed by atoms with Crippen molar-refractivity contribution in [1.82, 2.24) is 10.2 Å². The van der Waals surface area contributed by atoms with Gasteiger partial charge in [0.25, 0.3) is 5.91 Å². The minimum Gasteiger partial charge on any atom is -0.374 e. The Bertz CT molecular complexity index is 1360. The van der Waals surface area contributed by atoms with Crippen LogP contribution in [0.2, 0.25) is 0 Å². The van der Waals surface area contributed by atoms with E-state index in [9.17, 15) is 40.0 Å². The van der Waals surface area contributed by atoms with E-state index in [1.165, 1.54) is 18.2 Å². The fraction of sp³-hybridized carbons (Fsp3) is 0.417. The van der Waals surface area contributed by atoms with Gasteiger partial charge in [0.1, 0.15) is 18.0 Å². The maximum absolute atomic E-state index is 15.4. The fourth-order valence-electron chi connectivity index (χ4n) is 4.41. The first-order valence-corrected chi connectivity index (χ1v) is 13.2. The predicted molar refractivity (Wildman–Crippen MR) is 121 cm³/mol. The van der Waals surface area contributed by atoms with Crippen molar-refractivity contribution in [3.63, 3.8) is 0 Å². The van der Waals surface area contributed by atoms with Crippen LogP contribution in [0.1, 0.15) is 33.9 Å². The maximum atomic E-state index is 15.4. The molecule has 2 fully saturated rings. The number of halogens is 6. The SMILES string of the molecule is CS(=O)(=O)c1cccc(C(=O)N2C[C@@H](F)C[C@@H]2C(=O)N[C@@H](c2ccc(C(F)(F)F)cc2F)C2(F)COC2)c1. The lowest BCUT2D eigenvalue weighted by Crippen LogP contribution is -2.58. The van der Waals surface area contributed by atoms with Gasteiger partial charge in [0.05, 0.1) is 36.3 Å². The third-order valence-corrected chi connectivity index (χ3v) is 7.56. The molecule has 2 saturated heterocycles. The zero-order valence-electron chi connectivity index (χ0n) is 19.8. The van der Waals surface area contributed by atoms with Crippen molar-refractivity contribution in [1.29, 1.82) is 0 Å². The van der Waals surface area contributed by atoms with E-state index < -0.39 is 94.9 Å². The Morgan fingerprint density at radius 2 is 1.84 bits per heavy atom. The van der Waals surface area contributed by atoms with Crippen LogP contribution in [0.25, 0.3) is 0 Å². The largest absolute Gasteiger partial charge is 0.416 e. The van der Waals surface area contributed by atoms with E-state index in [1.807, 2.05) is 0 Å². The monoisotopic (exact) mass is 564 g/mol. The molecule has 0 spiro atoms. The second-order valence-corrected chi connectivity index (χ2v) is 11.3. The van der Waals surface area contributed by atoms with Gasteiger partial charge in [-0.25, -0.2) is 21.6 Å². The minimum absolute atomic E-state index is 0.139. The number of nitrogens with zero attached hydrogens (tertiary/aromatic N) is 1. The molecule has 2 aromatic carbocycles. The van der Waals surface area contributed by atoms with Crippen LogP contribution in [-0.2, 0) is 25.5 Å². The summed E-state index contributed by atoms with van der Waals surface area (Å²) in [6.45, 7) is -1.70. The molecule has 38 heavy (non-hydrogen) atoms. The van der Waals surface area contributed by atoms with Crippen LogP contribution in [-0.4, -0.2) is 69.0 Å². The molecule has 1 N–H and O–H groups in total. The van der Waals surface area contributed by atoms with Crippen molar-refractivity contribution in [2.45, 2.75) is 41.4 Å². The Labute approximate surface area is 213 Å². The molecular weight excluding hydrogens is 542 g/mol. The summed E-state index contributed by atoms with van der Waals surface area (Å²) in [5.41, 5.74) is -4.40. The molecule has 4 rings (SSSR count). The molecule has 206 valence electrons. The van der Waals surface area contributed by atoms with Crippen LogP contribution >= 0.6 is 0 Å². The van der Waals surface area contributed by atoms with Crippen LogP contribution in [0.4, 0.5) is 26.3 Å². The topological polar surface area (TPSA) is 92.8 Å². The predicted octanol–water partition coefficient (Wildman–Crippen LogP) is 3.40. The molecule has 14 heteroatoms. The molecule has 2 heterocycles. The molecule has 0 radical (unpaired) electrons. The summed E-state index contributed by atoms with van der Waals surface area (Å²) in [6.07, 6.45) is -6.07. The smallest absolute Gasteiger partial charge is 0.374 e. The first-order valence-electron chi connectivity index (χ1n) is 11.3. The summed E-state index contributed by atoms with van der Waals surface area (Å²) in [4.78, 5) is 27.0. The van der Waals surface area contributed by atoms with Gasteiger partial charge in [0.15, 0.2) is 15.5 Å². The summed E-state index contributed by atoms with van der Waals surface area (Å²) < 4.78 is 112. The molecule has 0 aromatic heterocycles. The van der Waals surface area contributed by atoms with Gasteiger partial charge < -0.3 is 15.0 Å². The summed E-state index contributed by atoms with van der Waals surface area (Å²) >= 11 is 0. The molecule has 3 atom stereocenters. The Kier molecular flexibility index (Phi) is 7.25. The van der Waals surface area contributed by atoms with Gasteiger partial charge in [0, 0.05) is 23.8 Å². The lowest BCUT2D eigenvalue weighted by atomic mass is 9.87. The Morgan fingerprint density at radius 1 is 1.16 bits per heavy atom. The second-order valence-electron chi connectivity index (χ2n) is 9.31. The van der Waals surface area contributed by atoms with E-state index in [2.05, 4.69) is 5.32 Å². The Balaban J connectivity index is 1.62. The van der Waals surface area contributed by atoms with Crippen molar-refractivity contribution >= 4 is 21.7 Å². The molecule has 0 bridgehead atoms. The molecule has 0 aliphatic carbocycles. The van der Waals surface area contributed by atoms with Gasteiger partial charge in [0.2, 0.25) is 5.91 Å². The van der Waals surface area contributed by atoms with Gasteiger partial charge in [-0.3, -0.25) is 9.59 Å². The molecule has 2 aliphatic heterocycles. The highest BCUT2D eigenvalue weighted by molar-refractivity contribution is 7.90. The number of likely N-dealkylation sites (tertiary alicyclic amines) is 1. The lowest BCUT2D eigenvalue weighted by molar-refractivity contribution is -0.155. The number of benzene rings is 2. The van der Waals surface area contributed by atoms with Gasteiger partial charge in [-0.1, -0.05) is 12.1 Å². The third kappa shape index (κ3) is 5.51. The van der Waals surface area contributed by atoms with Gasteiger partial charge in [-0.2, -0.15) is 13.2 Å². The highest BCUT2D eigenvalue weighted by Crippen LogP contribution is 2.39. The molecule has 2 amide bonds. The van der Waals surface area contributed by atoms with Crippen molar-refractivity contribution in [2.75, 3.05) is 26.0 Å². The van der Waals surface area contributed by atoms with E-state index in [4.69, 9.17) is 4.74 Å². The lowest BCUT2D eigenvalue weighted by Gasteiger charge is -2.41. The van der Waals surface area contributed by atoms with Crippen molar-refractivity contribution in [3.8, 4) is 0 Å². The second kappa shape index (κ2) is 9.88. The van der Waals surface area contributed by atoms with E-state index in [0.29, 0.717) is 12.1 Å². The Morgan fingerprint density at radius 3 is 2.39 bits per heavy atom. The fourth-order valence-corrected chi connectivity index (χ4v) is 5.08. The van der Waals surface area contributed by atoms with Crippen LogP contribution in [0.3, 0.4) is 0 Å². The highest BCUT2D eigenvalue weighted by atomic mass is 32.2. The van der Waals surface area contributed by atoms with Crippen LogP contribution < -0.4 is 5.32 Å². The van der Waals surface area contributed by atoms with Crippen molar-refractivity contribution in [2.24, 2.45) is 0 Å². The number of carbonyl (C=O) groups is 2. The van der Waals surface area contributed by atoms with E-state index >= 15 is 4.39 Å². The van der Waals surface area contributed by atoms with Crippen LogP contribution in [0.5, 0.6) is 0 Å². The van der Waals surface area contributed by atoms with Crippen LogP contribution in [0, 0.1) is 5.82 Å². The molecule has 0 saturated carbocycles. The van der Waals surface area contributed by atoms with E-state index in [-0.39, 0.29) is 16.5 Å². The van der Waals surface area contributed by atoms with E-state index in [1.54, 1.807) is 0 Å². The number of sulfone groups is 1. The summed E-state index contributed by atoms with van der Waals surface area (Å²) in [5, 5.41) is 2.24. The number of hydrogen-bond acceptors (Lipinski definition) is 5. The van der Waals surface area contributed by atoms with Crippen molar-refractivity contribution in [3.05, 3.63) is 65.0 Å². The van der Waals surface area contributed by atoms with Gasteiger partial charge >= 0.3 is 6.18 Å². The standard InChI is InChI=1S/C24H22F6N2O5S/c1-38(35,36)16-4-2-3-13(7-16)22(34)32-10-15(25)9-19(32)21(33)31-20(23(27)11-37-12-23)17-6-5-14(8-18(17)26)24(28,29)30/h2-8,15,19-20H,9-12H2,1H3,(H,31,33)/t15-,19+,20-/m0/s1. The molecule has 2 aliphatic rings. The highest BCUT2D eigenvalue weighted by Gasteiger charge is 2.51. The van der Waals surface area contributed by atoms with E-state index in [0.717, 1.165) is 17.2 Å². The zero-order chi connectivity index (χ0) is 28.0. The maximum Gasteiger partial charge on any atom is 0.416 e. The Hall–Kier alpha value is -3.13. The zero-order valence-corrected chi connectivity index (χ0v) is 20.6. The van der Waals surface area contributed by atoms with Crippen LogP contribution in [0.15, 0.2) is 47.4 Å². The number of hydrogen-bond donors (Lipinski definition) is 1. The number of ether oxygens (including phenoxy) is 1. The quantitative estimate of drug-likeness (QED) is 0.544. The number of carbonyl (C=O) groups excluding carboxylic acids is 2. The first kappa shape index (κ1) is 27.9.